The second kappa shape index (κ2) is 6.95. The third-order valence-electron chi connectivity index (χ3n) is 2.97. The fourth-order valence-corrected chi connectivity index (χ4v) is 2.90. The number of esters is 1. The van der Waals surface area contributed by atoms with Crippen LogP contribution in [0.15, 0.2) is 16.7 Å². The van der Waals surface area contributed by atoms with Crippen LogP contribution in [0.5, 0.6) is 0 Å². The molecule has 1 N–H and O–H groups in total. The van der Waals surface area contributed by atoms with E-state index >= 15 is 0 Å². The van der Waals surface area contributed by atoms with Crippen molar-refractivity contribution in [1.29, 1.82) is 0 Å². The number of aryl methyl sites for hydroxylation is 1. The molecule has 2 heterocycles. The maximum absolute atomic E-state index is 12.2. The number of carbonyl (C=O) groups is 2. The summed E-state index contributed by atoms with van der Waals surface area (Å²) in [5.41, 5.74) is 0.533. The van der Waals surface area contributed by atoms with Crippen molar-refractivity contribution in [2.24, 2.45) is 0 Å². The van der Waals surface area contributed by atoms with Crippen LogP contribution in [0.2, 0.25) is 0 Å². The number of nitrogens with zero attached hydrogens (tertiary/aromatic N) is 1. The molecule has 6 nitrogen and oxygen atoms in total. The molecule has 0 unspecified atom stereocenters. The number of aromatic nitrogens is 1. The number of carbonyl (C=O) groups excluding carboxylic acids is 2. The van der Waals surface area contributed by atoms with Crippen molar-refractivity contribution in [3.05, 3.63) is 34.0 Å². The highest BCUT2D eigenvalue weighted by atomic mass is 32.1. The summed E-state index contributed by atoms with van der Waals surface area (Å²) in [6, 6.07) is 3.31. The maximum Gasteiger partial charge on any atom is 0.341 e. The molecule has 0 radical (unpaired) electrons. The lowest BCUT2D eigenvalue weighted by atomic mass is 10.1. The highest BCUT2D eigenvalue weighted by molar-refractivity contribution is 7.16. The number of rotatable bonds is 5. The van der Waals surface area contributed by atoms with Crippen LogP contribution in [0, 0.1) is 6.92 Å². The van der Waals surface area contributed by atoms with Gasteiger partial charge in [0.1, 0.15) is 10.8 Å². The molecule has 7 heteroatoms. The summed E-state index contributed by atoms with van der Waals surface area (Å²) in [4.78, 5) is 25.5. The monoisotopic (exact) mass is 336 g/mol. The first-order valence-corrected chi connectivity index (χ1v) is 8.19. The number of thiophene rings is 1. The largest absolute Gasteiger partial charge is 0.459 e. The summed E-state index contributed by atoms with van der Waals surface area (Å²) < 4.78 is 10.1. The minimum absolute atomic E-state index is 0.171. The molecule has 0 aromatic carbocycles. The van der Waals surface area contributed by atoms with Crippen molar-refractivity contribution in [2.75, 3.05) is 5.32 Å². The van der Waals surface area contributed by atoms with Crippen molar-refractivity contribution in [3.8, 4) is 0 Å². The van der Waals surface area contributed by atoms with Gasteiger partial charge in [-0.15, -0.1) is 11.3 Å². The van der Waals surface area contributed by atoms with E-state index in [1.54, 1.807) is 32.9 Å². The molecule has 23 heavy (non-hydrogen) atoms. The van der Waals surface area contributed by atoms with E-state index in [9.17, 15) is 9.59 Å². The van der Waals surface area contributed by atoms with Crippen LogP contribution in [-0.2, 0) is 4.74 Å². The molecule has 124 valence electrons. The minimum atomic E-state index is -0.449. The number of anilines is 1. The Morgan fingerprint density at radius 1 is 1.26 bits per heavy atom. The Kier molecular flexibility index (Phi) is 5.20. The molecule has 0 saturated carbocycles. The molecular weight excluding hydrogens is 316 g/mol. The van der Waals surface area contributed by atoms with Gasteiger partial charge in [0.25, 0.3) is 5.91 Å². The van der Waals surface area contributed by atoms with E-state index < -0.39 is 11.9 Å². The SMILES string of the molecule is Cc1cc(C(=O)Nc2sc(C(C)C)cc2C(=O)OC(C)C)no1. The summed E-state index contributed by atoms with van der Waals surface area (Å²) in [5, 5.41) is 6.87. The zero-order chi connectivity index (χ0) is 17.1. The third-order valence-corrected chi connectivity index (χ3v) is 4.32. The lowest BCUT2D eigenvalue weighted by Crippen LogP contribution is -2.16. The van der Waals surface area contributed by atoms with Crippen molar-refractivity contribution in [2.45, 2.75) is 46.6 Å². The molecule has 1 amide bonds. The lowest BCUT2D eigenvalue weighted by Gasteiger charge is -2.08. The topological polar surface area (TPSA) is 81.4 Å². The molecule has 0 saturated heterocycles. The minimum Gasteiger partial charge on any atom is -0.459 e. The predicted octanol–water partition coefficient (Wildman–Crippen LogP) is 3.99. The first kappa shape index (κ1) is 17.2. The molecule has 0 aliphatic heterocycles. The van der Waals surface area contributed by atoms with E-state index in [1.165, 1.54) is 11.3 Å². The average molecular weight is 336 g/mol. The Morgan fingerprint density at radius 2 is 1.96 bits per heavy atom. The van der Waals surface area contributed by atoms with Crippen LogP contribution in [-0.4, -0.2) is 23.1 Å². The number of hydrogen-bond donors (Lipinski definition) is 1. The van der Waals surface area contributed by atoms with Gasteiger partial charge in [0.05, 0.1) is 11.7 Å². The molecule has 0 fully saturated rings. The second-order valence-electron chi connectivity index (χ2n) is 5.78. The number of nitrogens with one attached hydrogen (secondary N) is 1. The van der Waals surface area contributed by atoms with Crippen molar-refractivity contribution >= 4 is 28.2 Å². The average Bonchev–Trinajstić information content (AvgIpc) is 3.04. The third kappa shape index (κ3) is 4.19. The Balaban J connectivity index is 2.28. The Hall–Kier alpha value is -2.15. The fourth-order valence-electron chi connectivity index (χ4n) is 1.86. The summed E-state index contributed by atoms with van der Waals surface area (Å²) in [6.45, 7) is 9.32. The predicted molar refractivity (Wildman–Crippen MR) is 88.2 cm³/mol. The highest BCUT2D eigenvalue weighted by Gasteiger charge is 2.22. The van der Waals surface area contributed by atoms with Gasteiger partial charge in [0.15, 0.2) is 5.69 Å². The highest BCUT2D eigenvalue weighted by Crippen LogP contribution is 2.33. The summed E-state index contributed by atoms with van der Waals surface area (Å²) >= 11 is 1.36. The van der Waals surface area contributed by atoms with Gasteiger partial charge in [-0.2, -0.15) is 0 Å². The number of amides is 1. The van der Waals surface area contributed by atoms with Gasteiger partial charge in [-0.25, -0.2) is 4.79 Å². The van der Waals surface area contributed by atoms with E-state index in [4.69, 9.17) is 9.26 Å². The zero-order valence-corrected chi connectivity index (χ0v) is 14.6. The molecular formula is C16H20N2O4S. The zero-order valence-electron chi connectivity index (χ0n) is 13.8. The van der Waals surface area contributed by atoms with Gasteiger partial charge in [0, 0.05) is 10.9 Å². The molecule has 0 aliphatic rings. The normalized spacial score (nSPS) is 11.1. The van der Waals surface area contributed by atoms with Gasteiger partial charge in [0.2, 0.25) is 0 Å². The molecule has 2 rings (SSSR count). The van der Waals surface area contributed by atoms with E-state index in [1.807, 2.05) is 13.8 Å². The second-order valence-corrected chi connectivity index (χ2v) is 6.86. The van der Waals surface area contributed by atoms with Gasteiger partial charge in [-0.3, -0.25) is 4.79 Å². The van der Waals surface area contributed by atoms with E-state index in [-0.39, 0.29) is 17.7 Å². The van der Waals surface area contributed by atoms with Crippen molar-refractivity contribution in [3.63, 3.8) is 0 Å². The molecule has 0 atom stereocenters. The first-order valence-electron chi connectivity index (χ1n) is 7.37. The van der Waals surface area contributed by atoms with Crippen LogP contribution in [0.25, 0.3) is 0 Å². The van der Waals surface area contributed by atoms with Gasteiger partial charge < -0.3 is 14.6 Å². The van der Waals surface area contributed by atoms with Crippen LogP contribution in [0.4, 0.5) is 5.00 Å². The van der Waals surface area contributed by atoms with Crippen LogP contribution in [0.1, 0.15) is 65.1 Å². The summed E-state index contributed by atoms with van der Waals surface area (Å²) in [6.07, 6.45) is -0.230. The van der Waals surface area contributed by atoms with Gasteiger partial charge >= 0.3 is 5.97 Å². The van der Waals surface area contributed by atoms with Gasteiger partial charge in [-0.1, -0.05) is 19.0 Å². The van der Waals surface area contributed by atoms with Crippen LogP contribution >= 0.6 is 11.3 Å². The van der Waals surface area contributed by atoms with Crippen molar-refractivity contribution in [1.82, 2.24) is 5.16 Å². The van der Waals surface area contributed by atoms with Crippen LogP contribution in [0.3, 0.4) is 0 Å². The molecule has 2 aromatic heterocycles. The molecule has 0 aliphatic carbocycles. The van der Waals surface area contributed by atoms with Crippen molar-refractivity contribution < 1.29 is 18.8 Å². The molecule has 0 spiro atoms. The number of ether oxygens (including phenoxy) is 1. The Bertz CT molecular complexity index is 715. The Labute approximate surface area is 138 Å². The van der Waals surface area contributed by atoms with E-state index in [0.717, 1.165) is 4.88 Å². The summed E-state index contributed by atoms with van der Waals surface area (Å²) in [7, 11) is 0. The molecule has 0 bridgehead atoms. The quantitative estimate of drug-likeness (QED) is 0.835. The first-order chi connectivity index (χ1) is 10.8. The van der Waals surface area contributed by atoms with Gasteiger partial charge in [-0.05, 0) is 32.8 Å². The summed E-state index contributed by atoms with van der Waals surface area (Å²) in [5.74, 6) is -0.0819. The molecule has 2 aromatic rings. The standard InChI is InChI=1S/C16H20N2O4S/c1-8(2)13-7-11(16(20)21-9(3)4)15(23-13)17-14(19)12-6-10(5)22-18-12/h6-9H,1-5H3,(H,17,19). The Morgan fingerprint density at radius 3 is 2.48 bits per heavy atom. The van der Waals surface area contributed by atoms with Crippen LogP contribution < -0.4 is 5.32 Å². The van der Waals surface area contributed by atoms with E-state index in [0.29, 0.717) is 16.3 Å². The van der Waals surface area contributed by atoms with E-state index in [2.05, 4.69) is 10.5 Å². The number of hydrogen-bond acceptors (Lipinski definition) is 6. The lowest BCUT2D eigenvalue weighted by molar-refractivity contribution is 0.0379. The smallest absolute Gasteiger partial charge is 0.341 e. The fraction of sp³-hybridized carbons (Fsp3) is 0.438. The maximum atomic E-state index is 12.2.